The molecule has 0 saturated carbocycles. The van der Waals surface area contributed by atoms with Gasteiger partial charge in [0.1, 0.15) is 5.69 Å². The van der Waals surface area contributed by atoms with Gasteiger partial charge in [0.2, 0.25) is 0 Å². The van der Waals surface area contributed by atoms with Gasteiger partial charge in [-0.25, -0.2) is 0 Å². The molecular formula is C13H22BrN3O. The summed E-state index contributed by atoms with van der Waals surface area (Å²) in [5.41, 5.74) is 6.01. The van der Waals surface area contributed by atoms with Gasteiger partial charge in [0.25, 0.3) is 0 Å². The molecule has 2 N–H and O–H groups in total. The molecule has 1 aromatic heterocycles. The van der Waals surface area contributed by atoms with Crippen molar-refractivity contribution in [1.29, 1.82) is 0 Å². The normalized spacial score (nSPS) is 12.2. The number of aromatic nitrogens is 2. The summed E-state index contributed by atoms with van der Waals surface area (Å²) >= 11 is 3.42. The molecule has 0 aromatic carbocycles. The van der Waals surface area contributed by atoms with Crippen LogP contribution < -0.4 is 5.73 Å². The van der Waals surface area contributed by atoms with E-state index in [2.05, 4.69) is 21.0 Å². The second-order valence-electron chi connectivity index (χ2n) is 4.90. The highest BCUT2D eigenvalue weighted by Crippen LogP contribution is 2.33. The van der Waals surface area contributed by atoms with Crippen LogP contribution in [0, 0.1) is 5.41 Å². The van der Waals surface area contributed by atoms with Crippen LogP contribution >= 0.6 is 15.9 Å². The van der Waals surface area contributed by atoms with Crippen molar-refractivity contribution in [1.82, 2.24) is 9.78 Å². The van der Waals surface area contributed by atoms with Crippen LogP contribution in [0.25, 0.3) is 0 Å². The van der Waals surface area contributed by atoms with Crippen molar-refractivity contribution in [2.45, 2.75) is 46.6 Å². The van der Waals surface area contributed by atoms with Gasteiger partial charge in [-0.2, -0.15) is 5.10 Å². The average molecular weight is 316 g/mol. The van der Waals surface area contributed by atoms with Gasteiger partial charge >= 0.3 is 0 Å². The number of ketones is 1. The Morgan fingerprint density at radius 1 is 1.50 bits per heavy atom. The van der Waals surface area contributed by atoms with Crippen LogP contribution in [0.15, 0.2) is 10.7 Å². The van der Waals surface area contributed by atoms with Crippen molar-refractivity contribution in [2.75, 3.05) is 6.54 Å². The fraction of sp³-hybridized carbons (Fsp3) is 0.692. The van der Waals surface area contributed by atoms with Crippen molar-refractivity contribution in [3.63, 3.8) is 0 Å². The van der Waals surface area contributed by atoms with Gasteiger partial charge in [0, 0.05) is 18.0 Å². The molecule has 0 fully saturated rings. The summed E-state index contributed by atoms with van der Waals surface area (Å²) in [5, 5.41) is 4.26. The zero-order valence-corrected chi connectivity index (χ0v) is 13.1. The maximum Gasteiger partial charge on any atom is 0.189 e. The lowest BCUT2D eigenvalue weighted by Gasteiger charge is -2.29. The van der Waals surface area contributed by atoms with Gasteiger partial charge in [0.15, 0.2) is 5.78 Å². The monoisotopic (exact) mass is 315 g/mol. The lowest BCUT2D eigenvalue weighted by atomic mass is 9.77. The van der Waals surface area contributed by atoms with Crippen LogP contribution in [-0.4, -0.2) is 22.1 Å². The molecule has 0 amide bonds. The molecule has 0 radical (unpaired) electrons. The number of nitrogens with zero attached hydrogens (tertiary/aromatic N) is 2. The Morgan fingerprint density at radius 3 is 2.44 bits per heavy atom. The number of halogens is 1. The van der Waals surface area contributed by atoms with Crippen LogP contribution in [0.1, 0.15) is 57.1 Å². The van der Waals surface area contributed by atoms with Crippen LogP contribution in [0.3, 0.4) is 0 Å². The minimum atomic E-state index is -0.477. The fourth-order valence-corrected chi connectivity index (χ4v) is 2.60. The zero-order chi connectivity index (χ0) is 13.9. The largest absolute Gasteiger partial charge is 0.329 e. The molecule has 4 nitrogen and oxygen atoms in total. The van der Waals surface area contributed by atoms with Crippen LogP contribution in [0.4, 0.5) is 0 Å². The molecule has 0 spiro atoms. The molecule has 1 heterocycles. The van der Waals surface area contributed by atoms with Gasteiger partial charge in [-0.05, 0) is 42.6 Å². The Kier molecular flexibility index (Phi) is 5.10. The Hall–Kier alpha value is -0.680. The van der Waals surface area contributed by atoms with Gasteiger partial charge in [-0.3, -0.25) is 9.48 Å². The molecule has 0 aliphatic heterocycles. The standard InChI is InChI=1S/C13H22BrN3O/c1-5-13(6-2,8-15)12(18)11-10(14)7-16-17(11)9(3)4/h7,9H,5-6,8,15H2,1-4H3. The quantitative estimate of drug-likeness (QED) is 0.820. The van der Waals surface area contributed by atoms with Gasteiger partial charge in [-0.1, -0.05) is 13.8 Å². The van der Waals surface area contributed by atoms with Crippen molar-refractivity contribution < 1.29 is 4.79 Å². The van der Waals surface area contributed by atoms with E-state index in [0.717, 1.165) is 17.3 Å². The van der Waals surface area contributed by atoms with E-state index in [4.69, 9.17) is 5.73 Å². The summed E-state index contributed by atoms with van der Waals surface area (Å²) in [6, 6.07) is 0.152. The molecule has 0 unspecified atom stereocenters. The first-order chi connectivity index (χ1) is 8.43. The summed E-state index contributed by atoms with van der Waals surface area (Å²) in [6.45, 7) is 8.42. The number of carbonyl (C=O) groups is 1. The van der Waals surface area contributed by atoms with Gasteiger partial charge in [0.05, 0.1) is 10.7 Å². The van der Waals surface area contributed by atoms with Gasteiger partial charge in [-0.15, -0.1) is 0 Å². The highest BCUT2D eigenvalue weighted by Gasteiger charge is 2.37. The molecule has 0 aliphatic rings. The second kappa shape index (κ2) is 5.97. The molecule has 1 aromatic rings. The molecule has 0 saturated heterocycles. The van der Waals surface area contributed by atoms with Crippen molar-refractivity contribution in [3.05, 3.63) is 16.4 Å². The fourth-order valence-electron chi connectivity index (χ4n) is 2.15. The Balaban J connectivity index is 3.29. The number of hydrogen-bond donors (Lipinski definition) is 1. The SMILES string of the molecule is CCC(CC)(CN)C(=O)c1c(Br)cnn1C(C)C. The van der Waals surface area contributed by atoms with E-state index < -0.39 is 5.41 Å². The van der Waals surface area contributed by atoms with Crippen LogP contribution in [-0.2, 0) is 0 Å². The molecule has 0 aliphatic carbocycles. The van der Waals surface area contributed by atoms with E-state index in [1.165, 1.54) is 0 Å². The van der Waals surface area contributed by atoms with Crippen molar-refractivity contribution >= 4 is 21.7 Å². The number of nitrogens with two attached hydrogens (primary N) is 1. The minimum Gasteiger partial charge on any atom is -0.329 e. The van der Waals surface area contributed by atoms with E-state index in [1.54, 1.807) is 10.9 Å². The number of rotatable bonds is 6. The smallest absolute Gasteiger partial charge is 0.189 e. The summed E-state index contributed by atoms with van der Waals surface area (Å²) in [7, 11) is 0. The molecule has 0 bridgehead atoms. The van der Waals surface area contributed by atoms with E-state index in [9.17, 15) is 4.79 Å². The third-order valence-electron chi connectivity index (χ3n) is 3.68. The van der Waals surface area contributed by atoms with Crippen molar-refractivity contribution in [2.24, 2.45) is 11.1 Å². The average Bonchev–Trinajstić information content (AvgIpc) is 2.74. The van der Waals surface area contributed by atoms with Crippen LogP contribution in [0.5, 0.6) is 0 Å². The van der Waals surface area contributed by atoms with E-state index in [-0.39, 0.29) is 11.8 Å². The predicted molar refractivity (Wildman–Crippen MR) is 76.7 cm³/mol. The minimum absolute atomic E-state index is 0.0908. The summed E-state index contributed by atoms with van der Waals surface area (Å²) in [5.74, 6) is 0.0908. The molecular weight excluding hydrogens is 294 g/mol. The molecule has 0 atom stereocenters. The predicted octanol–water partition coefficient (Wildman–Crippen LogP) is 3.17. The topological polar surface area (TPSA) is 60.9 Å². The lowest BCUT2D eigenvalue weighted by molar-refractivity contribution is 0.0772. The number of carbonyl (C=O) groups excluding carboxylic acids is 1. The lowest BCUT2D eigenvalue weighted by Crippen LogP contribution is -2.39. The first-order valence-electron chi connectivity index (χ1n) is 6.41. The van der Waals surface area contributed by atoms with E-state index in [1.807, 2.05) is 27.7 Å². The first kappa shape index (κ1) is 15.4. The van der Waals surface area contributed by atoms with E-state index in [0.29, 0.717) is 12.2 Å². The summed E-state index contributed by atoms with van der Waals surface area (Å²) in [4.78, 5) is 12.8. The molecule has 1 rings (SSSR count). The Labute approximate surface area is 117 Å². The zero-order valence-electron chi connectivity index (χ0n) is 11.5. The highest BCUT2D eigenvalue weighted by atomic mass is 79.9. The van der Waals surface area contributed by atoms with E-state index >= 15 is 0 Å². The summed E-state index contributed by atoms with van der Waals surface area (Å²) in [6.07, 6.45) is 3.17. The first-order valence-corrected chi connectivity index (χ1v) is 7.20. The Morgan fingerprint density at radius 2 is 2.06 bits per heavy atom. The highest BCUT2D eigenvalue weighted by molar-refractivity contribution is 9.10. The molecule has 102 valence electrons. The second-order valence-corrected chi connectivity index (χ2v) is 5.75. The summed E-state index contributed by atoms with van der Waals surface area (Å²) < 4.78 is 2.52. The van der Waals surface area contributed by atoms with Crippen molar-refractivity contribution in [3.8, 4) is 0 Å². The maximum atomic E-state index is 12.8. The molecule has 5 heteroatoms. The van der Waals surface area contributed by atoms with Crippen LogP contribution in [0.2, 0.25) is 0 Å². The number of hydrogen-bond acceptors (Lipinski definition) is 3. The number of Topliss-reactive ketones (excluding diaryl/α,β-unsaturated/α-hetero) is 1. The molecule has 18 heavy (non-hydrogen) atoms. The maximum absolute atomic E-state index is 12.8. The van der Waals surface area contributed by atoms with Gasteiger partial charge < -0.3 is 5.73 Å². The third kappa shape index (κ3) is 2.52. The Bertz CT molecular complexity index is 414. The third-order valence-corrected chi connectivity index (χ3v) is 4.26.